The molecule has 0 heterocycles. The van der Waals surface area contributed by atoms with Crippen LogP contribution in [0, 0.1) is 5.82 Å². The van der Waals surface area contributed by atoms with Crippen molar-refractivity contribution in [3.05, 3.63) is 59.4 Å². The second-order valence-corrected chi connectivity index (χ2v) is 6.24. The molecule has 156 valence electrons. The van der Waals surface area contributed by atoms with Crippen LogP contribution in [0.25, 0.3) is 0 Å². The fourth-order valence-electron chi connectivity index (χ4n) is 2.59. The Morgan fingerprint density at radius 2 is 1.66 bits per heavy atom. The van der Waals surface area contributed by atoms with Crippen LogP contribution in [0.5, 0.6) is 11.5 Å². The van der Waals surface area contributed by atoms with Crippen LogP contribution in [0.1, 0.15) is 36.7 Å². The maximum atomic E-state index is 12.9. The van der Waals surface area contributed by atoms with E-state index in [9.17, 15) is 14.0 Å². The minimum Gasteiger partial charge on any atom is -0.490 e. The first-order chi connectivity index (χ1) is 13.9. The number of esters is 1. The molecule has 0 bridgehead atoms. The lowest BCUT2D eigenvalue weighted by Crippen LogP contribution is -2.36. The number of benzene rings is 2. The SMILES string of the molecule is CCOc1ccc(C(=O)O[C@H](C)C(=O)NCCc2ccc(F)cc2)cc1OCC. The molecule has 0 radical (unpaired) electrons. The summed E-state index contributed by atoms with van der Waals surface area (Å²) in [6, 6.07) is 10.8. The predicted molar refractivity (Wildman–Crippen MR) is 107 cm³/mol. The summed E-state index contributed by atoms with van der Waals surface area (Å²) in [5.41, 5.74) is 1.16. The first-order valence-electron chi connectivity index (χ1n) is 9.57. The molecule has 0 saturated heterocycles. The van der Waals surface area contributed by atoms with E-state index in [-0.39, 0.29) is 11.4 Å². The molecular weight excluding hydrogens is 377 g/mol. The molecule has 0 aliphatic carbocycles. The van der Waals surface area contributed by atoms with E-state index in [1.165, 1.54) is 25.1 Å². The molecule has 0 aromatic heterocycles. The number of nitrogens with one attached hydrogen (secondary N) is 1. The van der Waals surface area contributed by atoms with Gasteiger partial charge in [0, 0.05) is 6.54 Å². The van der Waals surface area contributed by atoms with Gasteiger partial charge in [-0.15, -0.1) is 0 Å². The van der Waals surface area contributed by atoms with E-state index in [0.29, 0.717) is 37.7 Å². The van der Waals surface area contributed by atoms with E-state index < -0.39 is 18.0 Å². The second kappa shape index (κ2) is 11.0. The van der Waals surface area contributed by atoms with Gasteiger partial charge in [0.05, 0.1) is 18.8 Å². The minimum atomic E-state index is -0.960. The van der Waals surface area contributed by atoms with Crippen molar-refractivity contribution in [3.8, 4) is 11.5 Å². The number of carbonyl (C=O) groups excluding carboxylic acids is 2. The molecule has 1 amide bonds. The number of halogens is 1. The summed E-state index contributed by atoms with van der Waals surface area (Å²) in [5.74, 6) is -0.357. The van der Waals surface area contributed by atoms with Crippen LogP contribution < -0.4 is 14.8 Å². The molecule has 6 nitrogen and oxygen atoms in total. The Hall–Kier alpha value is -3.09. The van der Waals surface area contributed by atoms with Gasteiger partial charge in [-0.3, -0.25) is 4.79 Å². The van der Waals surface area contributed by atoms with E-state index >= 15 is 0 Å². The molecule has 0 aliphatic rings. The van der Waals surface area contributed by atoms with Crippen LogP contribution in [0.3, 0.4) is 0 Å². The van der Waals surface area contributed by atoms with Gasteiger partial charge in [0.1, 0.15) is 5.82 Å². The van der Waals surface area contributed by atoms with Crippen molar-refractivity contribution < 1.29 is 28.2 Å². The number of ether oxygens (including phenoxy) is 3. The first kappa shape index (κ1) is 22.2. The Morgan fingerprint density at radius 1 is 1.00 bits per heavy atom. The zero-order chi connectivity index (χ0) is 21.2. The molecule has 0 spiro atoms. The van der Waals surface area contributed by atoms with Gasteiger partial charge >= 0.3 is 5.97 Å². The number of hydrogen-bond acceptors (Lipinski definition) is 5. The summed E-state index contributed by atoms with van der Waals surface area (Å²) in [5, 5.41) is 2.71. The van der Waals surface area contributed by atoms with Crippen LogP contribution in [0.2, 0.25) is 0 Å². The van der Waals surface area contributed by atoms with Crippen LogP contribution in [0.4, 0.5) is 4.39 Å². The zero-order valence-corrected chi connectivity index (χ0v) is 16.9. The van der Waals surface area contributed by atoms with Crippen LogP contribution in [-0.2, 0) is 16.0 Å². The average molecular weight is 403 g/mol. The molecule has 2 aromatic carbocycles. The molecule has 0 fully saturated rings. The van der Waals surface area contributed by atoms with E-state index in [2.05, 4.69) is 5.32 Å². The Balaban J connectivity index is 1.89. The van der Waals surface area contributed by atoms with Crippen molar-refractivity contribution in [3.63, 3.8) is 0 Å². The maximum absolute atomic E-state index is 12.9. The van der Waals surface area contributed by atoms with Crippen LogP contribution in [0.15, 0.2) is 42.5 Å². The Bertz CT molecular complexity index is 822. The molecule has 2 aromatic rings. The molecule has 0 unspecified atom stereocenters. The highest BCUT2D eigenvalue weighted by atomic mass is 19.1. The third-order valence-electron chi connectivity index (χ3n) is 4.06. The average Bonchev–Trinajstić information content (AvgIpc) is 2.71. The normalized spacial score (nSPS) is 11.4. The van der Waals surface area contributed by atoms with Crippen LogP contribution in [-0.4, -0.2) is 37.7 Å². The van der Waals surface area contributed by atoms with Gasteiger partial charge in [-0.05, 0) is 63.1 Å². The number of rotatable bonds is 10. The quantitative estimate of drug-likeness (QED) is 0.615. The highest BCUT2D eigenvalue weighted by molar-refractivity contribution is 5.92. The van der Waals surface area contributed by atoms with Crippen molar-refractivity contribution in [1.82, 2.24) is 5.32 Å². The summed E-state index contributed by atoms with van der Waals surface area (Å²) >= 11 is 0. The molecule has 7 heteroatoms. The fourth-order valence-corrected chi connectivity index (χ4v) is 2.59. The van der Waals surface area contributed by atoms with Crippen molar-refractivity contribution in [1.29, 1.82) is 0 Å². The monoisotopic (exact) mass is 403 g/mol. The van der Waals surface area contributed by atoms with E-state index in [1.807, 2.05) is 13.8 Å². The summed E-state index contributed by atoms with van der Waals surface area (Å²) < 4.78 is 29.1. The molecule has 1 N–H and O–H groups in total. The minimum absolute atomic E-state index is 0.267. The fraction of sp³-hybridized carbons (Fsp3) is 0.364. The highest BCUT2D eigenvalue weighted by Gasteiger charge is 2.20. The Kier molecular flexibility index (Phi) is 8.45. The van der Waals surface area contributed by atoms with Crippen LogP contribution >= 0.6 is 0 Å². The second-order valence-electron chi connectivity index (χ2n) is 6.24. The van der Waals surface area contributed by atoms with Crippen molar-refractivity contribution in [2.24, 2.45) is 0 Å². The standard InChI is InChI=1S/C22H26FNO5/c1-4-27-19-11-8-17(14-20(19)28-5-2)22(26)29-15(3)21(25)24-13-12-16-6-9-18(23)10-7-16/h6-11,14-15H,4-5,12-13H2,1-3H3,(H,24,25)/t15-/m1/s1. The molecule has 29 heavy (non-hydrogen) atoms. The van der Waals surface area contributed by atoms with Gasteiger partial charge in [-0.2, -0.15) is 0 Å². The van der Waals surface area contributed by atoms with Gasteiger partial charge in [0.2, 0.25) is 0 Å². The Morgan fingerprint density at radius 3 is 2.31 bits per heavy atom. The van der Waals surface area contributed by atoms with E-state index in [1.54, 1.807) is 24.3 Å². The largest absolute Gasteiger partial charge is 0.490 e. The lowest BCUT2D eigenvalue weighted by atomic mass is 10.1. The number of amides is 1. The molecule has 1 atom stereocenters. The lowest BCUT2D eigenvalue weighted by molar-refractivity contribution is -0.129. The topological polar surface area (TPSA) is 73.9 Å². The summed E-state index contributed by atoms with van der Waals surface area (Å²) in [6.07, 6.45) is -0.415. The van der Waals surface area contributed by atoms with Gasteiger partial charge in [-0.25, -0.2) is 9.18 Å². The van der Waals surface area contributed by atoms with Gasteiger partial charge < -0.3 is 19.5 Å². The van der Waals surface area contributed by atoms with Crippen molar-refractivity contribution in [2.75, 3.05) is 19.8 Å². The van der Waals surface area contributed by atoms with E-state index in [0.717, 1.165) is 5.56 Å². The highest BCUT2D eigenvalue weighted by Crippen LogP contribution is 2.29. The van der Waals surface area contributed by atoms with Crippen molar-refractivity contribution in [2.45, 2.75) is 33.3 Å². The third-order valence-corrected chi connectivity index (χ3v) is 4.06. The number of carbonyl (C=O) groups is 2. The number of hydrogen-bond donors (Lipinski definition) is 1. The summed E-state index contributed by atoms with van der Waals surface area (Å²) in [4.78, 5) is 24.5. The lowest BCUT2D eigenvalue weighted by Gasteiger charge is -2.15. The van der Waals surface area contributed by atoms with E-state index in [4.69, 9.17) is 14.2 Å². The molecule has 0 saturated carbocycles. The Labute approximate surface area is 170 Å². The first-order valence-corrected chi connectivity index (χ1v) is 9.57. The third kappa shape index (κ3) is 6.78. The zero-order valence-electron chi connectivity index (χ0n) is 16.9. The predicted octanol–water partition coefficient (Wildman–Crippen LogP) is 3.53. The van der Waals surface area contributed by atoms with Gasteiger partial charge in [0.15, 0.2) is 17.6 Å². The smallest absolute Gasteiger partial charge is 0.339 e. The molecular formula is C22H26FNO5. The maximum Gasteiger partial charge on any atom is 0.339 e. The molecule has 0 aliphatic heterocycles. The molecule has 2 rings (SSSR count). The summed E-state index contributed by atoms with van der Waals surface area (Å²) in [7, 11) is 0. The summed E-state index contributed by atoms with van der Waals surface area (Å²) in [6.45, 7) is 6.44. The van der Waals surface area contributed by atoms with Gasteiger partial charge in [-0.1, -0.05) is 12.1 Å². The van der Waals surface area contributed by atoms with Crippen molar-refractivity contribution >= 4 is 11.9 Å². The van der Waals surface area contributed by atoms with Gasteiger partial charge in [0.25, 0.3) is 5.91 Å².